The Kier molecular flexibility index (Phi) is 4.03. The lowest BCUT2D eigenvalue weighted by atomic mass is 9.74. The molecule has 1 aliphatic heterocycles. The molecule has 0 aromatic heterocycles. The molecule has 1 aliphatic rings. The minimum Gasteiger partial charge on any atom is -0.494 e. The van der Waals surface area contributed by atoms with Crippen LogP contribution in [0.5, 0.6) is 5.75 Å². The molecule has 1 fully saturated rings. The van der Waals surface area contributed by atoms with Gasteiger partial charge in [0.2, 0.25) is 0 Å². The molecule has 0 aliphatic carbocycles. The van der Waals surface area contributed by atoms with Crippen molar-refractivity contribution >= 4 is 7.12 Å². The maximum atomic E-state index is 14.3. The molecule has 0 bridgehead atoms. The Hall–Kier alpha value is -1.18. The van der Waals surface area contributed by atoms with Crippen molar-refractivity contribution in [1.29, 1.82) is 0 Å². The van der Waals surface area contributed by atoms with Crippen molar-refractivity contribution in [2.24, 2.45) is 5.73 Å². The number of methoxy groups -OCH3 is 1. The number of hydrogen-bond acceptors (Lipinski definition) is 4. The summed E-state index contributed by atoms with van der Waals surface area (Å²) in [6.07, 6.45) is 0. The smallest absolute Gasteiger partial charge is 0.480 e. The van der Waals surface area contributed by atoms with E-state index in [0.29, 0.717) is 0 Å². The molecule has 0 saturated carbocycles. The molecule has 116 valence electrons. The van der Waals surface area contributed by atoms with Crippen molar-refractivity contribution in [3.8, 4) is 5.75 Å². The van der Waals surface area contributed by atoms with Crippen molar-refractivity contribution in [2.45, 2.75) is 44.8 Å². The van der Waals surface area contributed by atoms with Gasteiger partial charge in [-0.05, 0) is 39.8 Å². The molecule has 7 heteroatoms. The molecule has 1 saturated heterocycles. The molecule has 0 unspecified atom stereocenters. The molecule has 0 radical (unpaired) electrons. The van der Waals surface area contributed by atoms with Crippen LogP contribution in [0, 0.1) is 11.6 Å². The van der Waals surface area contributed by atoms with E-state index in [4.69, 9.17) is 19.8 Å². The molecule has 1 heterocycles. The predicted octanol–water partition coefficient (Wildman–Crippen LogP) is 2.60. The lowest BCUT2D eigenvalue weighted by molar-refractivity contribution is 0.00578. The van der Waals surface area contributed by atoms with E-state index in [-0.39, 0.29) is 11.3 Å². The van der Waals surface area contributed by atoms with Crippen LogP contribution in [0.1, 0.15) is 39.2 Å². The fourth-order valence-corrected chi connectivity index (χ4v) is 2.18. The van der Waals surface area contributed by atoms with Crippen LogP contribution in [-0.2, 0) is 9.31 Å². The monoisotopic (exact) mass is 299 g/mol. The maximum Gasteiger partial charge on any atom is 0.480 e. The average molecular weight is 299 g/mol. The third-order valence-electron chi connectivity index (χ3n) is 4.21. The number of nitrogens with two attached hydrogens (primary N) is 1. The molecule has 1 atom stereocenters. The average Bonchev–Trinajstić information content (AvgIpc) is 2.58. The van der Waals surface area contributed by atoms with Crippen molar-refractivity contribution in [1.82, 2.24) is 0 Å². The Labute approximate surface area is 123 Å². The lowest BCUT2D eigenvalue weighted by Gasteiger charge is -2.32. The molecule has 2 rings (SSSR count). The molecular formula is C14H20BF2NO3. The van der Waals surface area contributed by atoms with E-state index in [2.05, 4.69) is 0 Å². The zero-order chi connectivity index (χ0) is 16.0. The minimum atomic E-state index is -1.10. The van der Waals surface area contributed by atoms with Gasteiger partial charge in [-0.15, -0.1) is 0 Å². The molecule has 2 N–H and O–H groups in total. The predicted molar refractivity (Wildman–Crippen MR) is 75.9 cm³/mol. The van der Waals surface area contributed by atoms with Crippen LogP contribution in [0.3, 0.4) is 0 Å². The van der Waals surface area contributed by atoms with Crippen LogP contribution in [0.15, 0.2) is 12.1 Å². The molecular weight excluding hydrogens is 279 g/mol. The highest BCUT2D eigenvalue weighted by atomic mass is 19.1. The summed E-state index contributed by atoms with van der Waals surface area (Å²) in [5.41, 5.74) is 4.44. The number of benzene rings is 1. The Morgan fingerprint density at radius 2 is 1.67 bits per heavy atom. The highest BCUT2D eigenvalue weighted by Gasteiger charge is 2.54. The summed E-state index contributed by atoms with van der Waals surface area (Å²) in [6.45, 7) is 7.38. The normalized spacial score (nSPS) is 21.4. The van der Waals surface area contributed by atoms with Crippen molar-refractivity contribution in [3.05, 3.63) is 29.3 Å². The van der Waals surface area contributed by atoms with Gasteiger partial charge in [-0.1, -0.05) is 0 Å². The van der Waals surface area contributed by atoms with E-state index in [1.54, 1.807) is 0 Å². The molecule has 21 heavy (non-hydrogen) atoms. The quantitative estimate of drug-likeness (QED) is 0.872. The molecule has 0 amide bonds. The summed E-state index contributed by atoms with van der Waals surface area (Å²) < 4.78 is 44.6. The van der Waals surface area contributed by atoms with Crippen LogP contribution >= 0.6 is 0 Å². The third-order valence-corrected chi connectivity index (χ3v) is 4.21. The minimum absolute atomic E-state index is 0.0710. The van der Waals surface area contributed by atoms with Gasteiger partial charge in [0.15, 0.2) is 11.6 Å². The van der Waals surface area contributed by atoms with E-state index in [9.17, 15) is 8.78 Å². The molecule has 1 aromatic carbocycles. The van der Waals surface area contributed by atoms with Crippen molar-refractivity contribution in [3.63, 3.8) is 0 Å². The highest BCUT2D eigenvalue weighted by molar-refractivity contribution is 6.47. The Bertz CT molecular complexity index is 535. The Morgan fingerprint density at radius 1 is 1.14 bits per heavy atom. The number of ether oxygens (including phenoxy) is 1. The standard InChI is InChI=1S/C14H20BF2NO3/c1-13(2)14(3,4)21-15(20-13)12(18)10-8(16)6-7-9(19-5)11(10)17/h6-7,12H,18H2,1-5H3/t12-/m0/s1. The van der Waals surface area contributed by atoms with Crippen LogP contribution in [0.4, 0.5) is 8.78 Å². The van der Waals surface area contributed by atoms with E-state index < -0.39 is 35.9 Å². The summed E-state index contributed by atoms with van der Waals surface area (Å²) in [6, 6.07) is 2.33. The van der Waals surface area contributed by atoms with Crippen LogP contribution in [0.2, 0.25) is 0 Å². The zero-order valence-electron chi connectivity index (χ0n) is 12.9. The largest absolute Gasteiger partial charge is 0.494 e. The van der Waals surface area contributed by atoms with E-state index in [1.807, 2.05) is 27.7 Å². The number of rotatable bonds is 3. The van der Waals surface area contributed by atoms with Gasteiger partial charge in [0.05, 0.1) is 24.3 Å². The topological polar surface area (TPSA) is 53.7 Å². The van der Waals surface area contributed by atoms with Crippen LogP contribution in [0.25, 0.3) is 0 Å². The summed E-state index contributed by atoms with van der Waals surface area (Å²) >= 11 is 0. The number of halogens is 2. The van der Waals surface area contributed by atoms with Crippen LogP contribution < -0.4 is 10.5 Å². The first-order chi connectivity index (χ1) is 9.60. The summed E-state index contributed by atoms with van der Waals surface area (Å²) in [5, 5.41) is 0. The highest BCUT2D eigenvalue weighted by Crippen LogP contribution is 2.40. The van der Waals surface area contributed by atoms with Gasteiger partial charge in [0.1, 0.15) is 5.82 Å². The van der Waals surface area contributed by atoms with E-state index in [0.717, 1.165) is 6.07 Å². The SMILES string of the molecule is COc1ccc(F)c([C@H](N)B2OC(C)(C)C(C)(C)O2)c1F. The van der Waals surface area contributed by atoms with Gasteiger partial charge in [0, 0.05) is 5.56 Å². The van der Waals surface area contributed by atoms with Gasteiger partial charge >= 0.3 is 7.12 Å². The Morgan fingerprint density at radius 3 is 2.14 bits per heavy atom. The van der Waals surface area contributed by atoms with E-state index in [1.165, 1.54) is 13.2 Å². The molecule has 1 aromatic rings. The first-order valence-corrected chi connectivity index (χ1v) is 6.74. The van der Waals surface area contributed by atoms with Crippen molar-refractivity contribution in [2.75, 3.05) is 7.11 Å². The second-order valence-electron chi connectivity index (χ2n) is 6.13. The van der Waals surface area contributed by atoms with Gasteiger partial charge in [0.25, 0.3) is 0 Å². The van der Waals surface area contributed by atoms with Gasteiger partial charge in [-0.25, -0.2) is 8.78 Å². The van der Waals surface area contributed by atoms with Gasteiger partial charge < -0.3 is 19.8 Å². The first-order valence-electron chi connectivity index (χ1n) is 6.74. The maximum absolute atomic E-state index is 14.3. The summed E-state index contributed by atoms with van der Waals surface area (Å²) in [7, 11) is 0.367. The third kappa shape index (κ3) is 2.65. The van der Waals surface area contributed by atoms with Gasteiger partial charge in [-0.2, -0.15) is 0 Å². The van der Waals surface area contributed by atoms with Gasteiger partial charge in [-0.3, -0.25) is 0 Å². The molecule has 4 nitrogen and oxygen atoms in total. The summed E-state index contributed by atoms with van der Waals surface area (Å²) in [5.74, 6) is -2.75. The second kappa shape index (κ2) is 5.23. The van der Waals surface area contributed by atoms with E-state index >= 15 is 0 Å². The lowest BCUT2D eigenvalue weighted by Crippen LogP contribution is -2.41. The summed E-state index contributed by atoms with van der Waals surface area (Å²) in [4.78, 5) is 0. The first kappa shape index (κ1) is 16.2. The molecule has 0 spiro atoms. The fourth-order valence-electron chi connectivity index (χ4n) is 2.18. The second-order valence-corrected chi connectivity index (χ2v) is 6.13. The number of hydrogen-bond donors (Lipinski definition) is 1. The van der Waals surface area contributed by atoms with Crippen LogP contribution in [-0.4, -0.2) is 25.4 Å². The fraction of sp³-hybridized carbons (Fsp3) is 0.571. The zero-order valence-corrected chi connectivity index (χ0v) is 12.9. The Balaban J connectivity index is 2.36. The van der Waals surface area contributed by atoms with Crippen molar-refractivity contribution < 1.29 is 22.8 Å².